The molecule has 1 aliphatic rings. The summed E-state index contributed by atoms with van der Waals surface area (Å²) >= 11 is 9.56. The third-order valence-electron chi connectivity index (χ3n) is 3.46. The van der Waals surface area contributed by atoms with Crippen LogP contribution in [0.25, 0.3) is 0 Å². The first-order chi connectivity index (χ1) is 8.74. The Labute approximate surface area is 121 Å². The van der Waals surface area contributed by atoms with E-state index in [-0.39, 0.29) is 0 Å². The van der Waals surface area contributed by atoms with Crippen molar-refractivity contribution in [1.82, 2.24) is 5.32 Å². The van der Waals surface area contributed by atoms with Gasteiger partial charge in [-0.1, -0.05) is 17.7 Å². The summed E-state index contributed by atoms with van der Waals surface area (Å²) in [6.07, 6.45) is 2.74. The minimum atomic E-state index is 0.304. The van der Waals surface area contributed by atoms with Gasteiger partial charge in [0.25, 0.3) is 0 Å². The molecule has 2 unspecified atom stereocenters. The van der Waals surface area contributed by atoms with Crippen LogP contribution in [-0.2, 0) is 0 Å². The van der Waals surface area contributed by atoms with E-state index in [0.29, 0.717) is 12.1 Å². The average molecular weight is 298 g/mol. The predicted molar refractivity (Wildman–Crippen MR) is 80.8 cm³/mol. The standard InChI is InChI=1S/C14H16ClNS2/c1-9(10-4-5-10)16-14(11-3-2-8-17-11)12-6-7-13(15)18-12/h2-3,6-10,14,16H,4-5H2,1H3. The predicted octanol–water partition coefficient (Wildman–Crippen LogP) is 4.94. The lowest BCUT2D eigenvalue weighted by atomic mass is 10.1. The van der Waals surface area contributed by atoms with E-state index in [1.54, 1.807) is 11.3 Å². The molecule has 1 nitrogen and oxygen atoms in total. The van der Waals surface area contributed by atoms with Gasteiger partial charge in [0.1, 0.15) is 0 Å². The second-order valence-corrected chi connectivity index (χ2v) is 7.61. The maximum Gasteiger partial charge on any atom is 0.0931 e. The Morgan fingerprint density at radius 2 is 2.11 bits per heavy atom. The van der Waals surface area contributed by atoms with Crippen LogP contribution in [0.2, 0.25) is 4.34 Å². The lowest BCUT2D eigenvalue weighted by Gasteiger charge is -2.21. The molecule has 1 saturated carbocycles. The second-order valence-electron chi connectivity index (χ2n) is 4.88. The van der Waals surface area contributed by atoms with E-state index in [0.717, 1.165) is 10.3 Å². The lowest BCUT2D eigenvalue weighted by Crippen LogP contribution is -2.31. The molecule has 2 aromatic rings. The summed E-state index contributed by atoms with van der Waals surface area (Å²) in [7, 11) is 0. The Hall–Kier alpha value is -0.350. The number of nitrogens with one attached hydrogen (secondary N) is 1. The first-order valence-electron chi connectivity index (χ1n) is 6.28. The molecular formula is C14H16ClNS2. The molecule has 1 N–H and O–H groups in total. The van der Waals surface area contributed by atoms with Gasteiger partial charge in [0.05, 0.1) is 10.4 Å². The van der Waals surface area contributed by atoms with Gasteiger partial charge in [-0.3, -0.25) is 0 Å². The summed E-state index contributed by atoms with van der Waals surface area (Å²) < 4.78 is 0.868. The van der Waals surface area contributed by atoms with Gasteiger partial charge < -0.3 is 5.32 Å². The molecule has 0 radical (unpaired) electrons. The molecule has 0 aromatic carbocycles. The zero-order valence-electron chi connectivity index (χ0n) is 10.2. The van der Waals surface area contributed by atoms with Crippen molar-refractivity contribution in [1.29, 1.82) is 0 Å². The second kappa shape index (κ2) is 5.33. The van der Waals surface area contributed by atoms with Crippen molar-refractivity contribution < 1.29 is 0 Å². The molecule has 4 heteroatoms. The average Bonchev–Trinajstić information content (AvgIpc) is 2.90. The van der Waals surface area contributed by atoms with Crippen LogP contribution in [0.4, 0.5) is 0 Å². The molecule has 2 heterocycles. The van der Waals surface area contributed by atoms with Gasteiger partial charge in [-0.25, -0.2) is 0 Å². The highest BCUT2D eigenvalue weighted by molar-refractivity contribution is 7.16. The van der Waals surface area contributed by atoms with Crippen molar-refractivity contribution in [3.05, 3.63) is 43.7 Å². The maximum absolute atomic E-state index is 6.07. The van der Waals surface area contributed by atoms with Crippen molar-refractivity contribution in [2.75, 3.05) is 0 Å². The molecule has 0 spiro atoms. The molecule has 0 saturated heterocycles. The molecule has 0 bridgehead atoms. The number of rotatable bonds is 5. The van der Waals surface area contributed by atoms with E-state index < -0.39 is 0 Å². The van der Waals surface area contributed by atoms with Gasteiger partial charge >= 0.3 is 0 Å². The molecule has 2 aromatic heterocycles. The molecule has 1 fully saturated rings. The quantitative estimate of drug-likeness (QED) is 0.824. The molecule has 0 aliphatic heterocycles. The Balaban J connectivity index is 1.83. The number of halogens is 1. The summed E-state index contributed by atoms with van der Waals surface area (Å²) in [5.41, 5.74) is 0. The van der Waals surface area contributed by atoms with E-state index in [2.05, 4.69) is 35.8 Å². The van der Waals surface area contributed by atoms with E-state index in [4.69, 9.17) is 11.6 Å². The van der Waals surface area contributed by atoms with Crippen LogP contribution < -0.4 is 5.32 Å². The number of hydrogen-bond acceptors (Lipinski definition) is 3. The molecule has 96 valence electrons. The minimum Gasteiger partial charge on any atom is -0.302 e. The molecule has 2 atom stereocenters. The molecule has 1 aliphatic carbocycles. The van der Waals surface area contributed by atoms with Gasteiger partial charge in [0, 0.05) is 15.8 Å². The number of thiophene rings is 2. The highest BCUT2D eigenvalue weighted by Gasteiger charge is 2.30. The zero-order valence-corrected chi connectivity index (χ0v) is 12.6. The fraction of sp³-hybridized carbons (Fsp3) is 0.429. The minimum absolute atomic E-state index is 0.304. The van der Waals surface area contributed by atoms with Gasteiger partial charge in [-0.2, -0.15) is 0 Å². The van der Waals surface area contributed by atoms with E-state index in [1.807, 2.05) is 17.4 Å². The monoisotopic (exact) mass is 297 g/mol. The topological polar surface area (TPSA) is 12.0 Å². The Morgan fingerprint density at radius 3 is 2.67 bits per heavy atom. The van der Waals surface area contributed by atoms with Crippen molar-refractivity contribution in [3.63, 3.8) is 0 Å². The van der Waals surface area contributed by atoms with Crippen LogP contribution >= 0.6 is 34.3 Å². The third-order valence-corrected chi connectivity index (χ3v) is 5.70. The van der Waals surface area contributed by atoms with Gasteiger partial charge in [0.2, 0.25) is 0 Å². The van der Waals surface area contributed by atoms with E-state index in [9.17, 15) is 0 Å². The fourth-order valence-corrected chi connectivity index (χ4v) is 4.26. The summed E-state index contributed by atoms with van der Waals surface area (Å²) in [4.78, 5) is 2.69. The number of hydrogen-bond donors (Lipinski definition) is 1. The summed E-state index contributed by atoms with van der Waals surface area (Å²) in [6, 6.07) is 9.34. The van der Waals surface area contributed by atoms with Crippen LogP contribution in [0, 0.1) is 5.92 Å². The van der Waals surface area contributed by atoms with Crippen molar-refractivity contribution in [2.24, 2.45) is 5.92 Å². The Morgan fingerprint density at radius 1 is 1.28 bits per heavy atom. The molecule has 18 heavy (non-hydrogen) atoms. The summed E-state index contributed by atoms with van der Waals surface area (Å²) in [5, 5.41) is 5.91. The van der Waals surface area contributed by atoms with E-state index in [1.165, 1.54) is 22.6 Å². The Kier molecular flexibility index (Phi) is 3.76. The van der Waals surface area contributed by atoms with Crippen molar-refractivity contribution in [3.8, 4) is 0 Å². The highest BCUT2D eigenvalue weighted by atomic mass is 35.5. The van der Waals surface area contributed by atoms with Gasteiger partial charge in [-0.15, -0.1) is 22.7 Å². The van der Waals surface area contributed by atoms with Crippen LogP contribution in [0.5, 0.6) is 0 Å². The zero-order chi connectivity index (χ0) is 12.5. The van der Waals surface area contributed by atoms with E-state index >= 15 is 0 Å². The molecule has 0 amide bonds. The first-order valence-corrected chi connectivity index (χ1v) is 8.36. The lowest BCUT2D eigenvalue weighted by molar-refractivity contribution is 0.464. The first kappa shape index (κ1) is 12.7. The van der Waals surface area contributed by atoms with Gasteiger partial charge in [-0.05, 0) is 49.3 Å². The molecule has 3 rings (SSSR count). The summed E-state index contributed by atoms with van der Waals surface area (Å²) in [5.74, 6) is 0.864. The largest absolute Gasteiger partial charge is 0.302 e. The highest BCUT2D eigenvalue weighted by Crippen LogP contribution is 2.37. The van der Waals surface area contributed by atoms with Crippen LogP contribution in [0.1, 0.15) is 35.6 Å². The third kappa shape index (κ3) is 2.80. The van der Waals surface area contributed by atoms with Gasteiger partial charge in [0.15, 0.2) is 0 Å². The Bertz CT molecular complexity index is 502. The SMILES string of the molecule is CC(NC(c1cccs1)c1ccc(Cl)s1)C1CC1. The van der Waals surface area contributed by atoms with Crippen LogP contribution in [-0.4, -0.2) is 6.04 Å². The maximum atomic E-state index is 6.07. The van der Waals surface area contributed by atoms with Crippen molar-refractivity contribution >= 4 is 34.3 Å². The van der Waals surface area contributed by atoms with Crippen molar-refractivity contribution in [2.45, 2.75) is 31.8 Å². The normalized spacial score (nSPS) is 18.8. The fourth-order valence-electron chi connectivity index (χ4n) is 2.24. The smallest absolute Gasteiger partial charge is 0.0931 e. The summed E-state index contributed by atoms with van der Waals surface area (Å²) in [6.45, 7) is 2.30. The van der Waals surface area contributed by atoms with Crippen LogP contribution in [0.3, 0.4) is 0 Å². The molecular weight excluding hydrogens is 282 g/mol. The van der Waals surface area contributed by atoms with Crippen LogP contribution in [0.15, 0.2) is 29.6 Å².